The van der Waals surface area contributed by atoms with E-state index in [9.17, 15) is 4.79 Å². The fraction of sp³-hybridized carbons (Fsp3) is 0.200. The Morgan fingerprint density at radius 2 is 2.40 bits per heavy atom. The maximum atomic E-state index is 11.0. The fourth-order valence-corrected chi connectivity index (χ4v) is 1.30. The van der Waals surface area contributed by atoms with E-state index in [2.05, 4.69) is 10.3 Å². The molecule has 5 nitrogen and oxygen atoms in total. The molecule has 0 spiro atoms. The maximum Gasteiger partial charge on any atom is 0.332 e. The molecule has 0 amide bonds. The molecule has 0 unspecified atom stereocenters. The third-order valence-electron chi connectivity index (χ3n) is 2.06. The van der Waals surface area contributed by atoms with Crippen molar-refractivity contribution in [1.82, 2.24) is 4.98 Å². The van der Waals surface area contributed by atoms with Gasteiger partial charge in [-0.1, -0.05) is 0 Å². The van der Waals surface area contributed by atoms with Crippen LogP contribution in [0.25, 0.3) is 0 Å². The second-order valence-electron chi connectivity index (χ2n) is 3.17. The second-order valence-corrected chi connectivity index (χ2v) is 3.17. The Kier molecular flexibility index (Phi) is 2.53. The standard InChI is InChI=1S/C10H11N3O2/c11-8-1-3-12-6-9(8)13-7-2-4-15-10(14)5-7/h1,3,5-6,13H,2,4H2,(H2,11,12). The van der Waals surface area contributed by atoms with E-state index in [1.54, 1.807) is 18.5 Å². The van der Waals surface area contributed by atoms with Crippen molar-refractivity contribution in [3.05, 3.63) is 30.2 Å². The highest BCUT2D eigenvalue weighted by molar-refractivity contribution is 5.84. The predicted octanol–water partition coefficient (Wildman–Crippen LogP) is 0.906. The summed E-state index contributed by atoms with van der Waals surface area (Å²) in [7, 11) is 0. The van der Waals surface area contributed by atoms with E-state index in [4.69, 9.17) is 10.5 Å². The summed E-state index contributed by atoms with van der Waals surface area (Å²) in [5, 5.41) is 3.05. The monoisotopic (exact) mass is 205 g/mol. The number of esters is 1. The van der Waals surface area contributed by atoms with Crippen LogP contribution in [0.2, 0.25) is 0 Å². The van der Waals surface area contributed by atoms with E-state index in [0.717, 1.165) is 5.70 Å². The molecule has 2 heterocycles. The van der Waals surface area contributed by atoms with Crippen LogP contribution in [-0.4, -0.2) is 17.6 Å². The summed E-state index contributed by atoms with van der Waals surface area (Å²) in [5.41, 5.74) is 7.83. The van der Waals surface area contributed by atoms with Gasteiger partial charge in [-0.25, -0.2) is 4.79 Å². The molecule has 15 heavy (non-hydrogen) atoms. The van der Waals surface area contributed by atoms with E-state index in [1.165, 1.54) is 6.08 Å². The van der Waals surface area contributed by atoms with Crippen molar-refractivity contribution in [2.75, 3.05) is 17.7 Å². The topological polar surface area (TPSA) is 77.2 Å². The maximum absolute atomic E-state index is 11.0. The number of hydrogen-bond acceptors (Lipinski definition) is 5. The van der Waals surface area contributed by atoms with Gasteiger partial charge in [0.2, 0.25) is 0 Å². The highest BCUT2D eigenvalue weighted by Gasteiger charge is 2.11. The van der Waals surface area contributed by atoms with Crippen molar-refractivity contribution < 1.29 is 9.53 Å². The molecule has 0 saturated carbocycles. The predicted molar refractivity (Wildman–Crippen MR) is 55.9 cm³/mol. The molecule has 3 N–H and O–H groups in total. The van der Waals surface area contributed by atoms with E-state index in [-0.39, 0.29) is 5.97 Å². The molecule has 1 aliphatic heterocycles. The van der Waals surface area contributed by atoms with Crippen molar-refractivity contribution in [1.29, 1.82) is 0 Å². The Balaban J connectivity index is 2.15. The lowest BCUT2D eigenvalue weighted by Gasteiger charge is -2.15. The Morgan fingerprint density at radius 1 is 1.53 bits per heavy atom. The molecule has 0 fully saturated rings. The Labute approximate surface area is 86.9 Å². The fourth-order valence-electron chi connectivity index (χ4n) is 1.30. The van der Waals surface area contributed by atoms with Gasteiger partial charge in [0, 0.05) is 24.4 Å². The Bertz CT molecular complexity index is 415. The summed E-state index contributed by atoms with van der Waals surface area (Å²) >= 11 is 0. The molecule has 78 valence electrons. The molecule has 0 bridgehead atoms. The van der Waals surface area contributed by atoms with Gasteiger partial charge < -0.3 is 15.8 Å². The zero-order valence-corrected chi connectivity index (χ0v) is 8.06. The van der Waals surface area contributed by atoms with Gasteiger partial charge in [-0.05, 0) is 6.07 Å². The Hall–Kier alpha value is -2.04. The zero-order valence-electron chi connectivity index (χ0n) is 8.06. The summed E-state index contributed by atoms with van der Waals surface area (Å²) in [4.78, 5) is 14.9. The summed E-state index contributed by atoms with van der Waals surface area (Å²) in [6, 6.07) is 1.70. The lowest BCUT2D eigenvalue weighted by molar-refractivity contribution is -0.138. The number of rotatable bonds is 2. The molecule has 0 radical (unpaired) electrons. The number of aromatic nitrogens is 1. The number of nitrogens with one attached hydrogen (secondary N) is 1. The number of nitrogens with zero attached hydrogens (tertiary/aromatic N) is 1. The van der Waals surface area contributed by atoms with Crippen LogP contribution in [0.15, 0.2) is 30.2 Å². The van der Waals surface area contributed by atoms with Gasteiger partial charge in [0.05, 0.1) is 24.2 Å². The van der Waals surface area contributed by atoms with Crippen LogP contribution in [0.3, 0.4) is 0 Å². The number of anilines is 2. The van der Waals surface area contributed by atoms with Gasteiger partial charge >= 0.3 is 5.97 Å². The van der Waals surface area contributed by atoms with Gasteiger partial charge in [-0.3, -0.25) is 4.98 Å². The van der Waals surface area contributed by atoms with Gasteiger partial charge in [0.15, 0.2) is 0 Å². The largest absolute Gasteiger partial charge is 0.462 e. The number of cyclic esters (lactones) is 1. The number of pyridine rings is 1. The number of hydrogen-bond donors (Lipinski definition) is 2. The number of carbonyl (C=O) groups excluding carboxylic acids is 1. The number of ether oxygens (including phenoxy) is 1. The lowest BCUT2D eigenvalue weighted by atomic mass is 10.2. The zero-order chi connectivity index (χ0) is 10.7. The van der Waals surface area contributed by atoms with Gasteiger partial charge in [0.25, 0.3) is 0 Å². The minimum Gasteiger partial charge on any atom is -0.462 e. The summed E-state index contributed by atoms with van der Waals surface area (Å²) < 4.78 is 4.77. The minimum absolute atomic E-state index is 0.328. The molecule has 0 atom stereocenters. The van der Waals surface area contributed by atoms with Gasteiger partial charge in [-0.2, -0.15) is 0 Å². The van der Waals surface area contributed by atoms with E-state index in [0.29, 0.717) is 24.4 Å². The first-order valence-corrected chi connectivity index (χ1v) is 4.59. The SMILES string of the molecule is Nc1ccncc1NC1=CC(=O)OCC1. The van der Waals surface area contributed by atoms with Crippen molar-refractivity contribution in [2.24, 2.45) is 0 Å². The van der Waals surface area contributed by atoms with E-state index >= 15 is 0 Å². The summed E-state index contributed by atoms with van der Waals surface area (Å²) in [6.45, 7) is 0.401. The molecule has 2 rings (SSSR count). The molecule has 0 aliphatic carbocycles. The quantitative estimate of drug-likeness (QED) is 0.701. The number of nitrogens with two attached hydrogens (primary N) is 1. The van der Waals surface area contributed by atoms with Crippen molar-refractivity contribution >= 4 is 17.3 Å². The summed E-state index contributed by atoms with van der Waals surface area (Å²) in [5.74, 6) is -0.328. The van der Waals surface area contributed by atoms with Crippen molar-refractivity contribution in [3.63, 3.8) is 0 Å². The highest BCUT2D eigenvalue weighted by Crippen LogP contribution is 2.19. The second kappa shape index (κ2) is 4.00. The average Bonchev–Trinajstić information content (AvgIpc) is 2.22. The third-order valence-corrected chi connectivity index (χ3v) is 2.06. The molecular weight excluding hydrogens is 194 g/mol. The third kappa shape index (κ3) is 2.25. The van der Waals surface area contributed by atoms with Crippen LogP contribution in [0, 0.1) is 0 Å². The van der Waals surface area contributed by atoms with Crippen LogP contribution >= 0.6 is 0 Å². The normalized spacial score (nSPS) is 15.5. The van der Waals surface area contributed by atoms with Crippen molar-refractivity contribution in [2.45, 2.75) is 6.42 Å². The molecule has 5 heteroatoms. The first-order valence-electron chi connectivity index (χ1n) is 4.59. The molecular formula is C10H11N3O2. The van der Waals surface area contributed by atoms with E-state index < -0.39 is 0 Å². The van der Waals surface area contributed by atoms with Crippen LogP contribution in [0.5, 0.6) is 0 Å². The molecule has 0 saturated heterocycles. The smallest absolute Gasteiger partial charge is 0.332 e. The van der Waals surface area contributed by atoms with Crippen molar-refractivity contribution in [3.8, 4) is 0 Å². The number of carbonyl (C=O) groups is 1. The van der Waals surface area contributed by atoms with E-state index in [1.807, 2.05) is 0 Å². The van der Waals surface area contributed by atoms with Crippen LogP contribution < -0.4 is 11.1 Å². The minimum atomic E-state index is -0.328. The lowest BCUT2D eigenvalue weighted by Crippen LogP contribution is -2.15. The molecule has 1 aliphatic rings. The Morgan fingerprint density at radius 3 is 3.13 bits per heavy atom. The molecule has 1 aromatic rings. The van der Waals surface area contributed by atoms with Gasteiger partial charge in [0.1, 0.15) is 0 Å². The van der Waals surface area contributed by atoms with Gasteiger partial charge in [-0.15, -0.1) is 0 Å². The average molecular weight is 205 g/mol. The first-order chi connectivity index (χ1) is 7.25. The highest BCUT2D eigenvalue weighted by atomic mass is 16.5. The molecule has 0 aromatic carbocycles. The first kappa shape index (κ1) is 9.51. The van der Waals surface area contributed by atoms with Crippen LogP contribution in [0.4, 0.5) is 11.4 Å². The summed E-state index contributed by atoms with van der Waals surface area (Å²) in [6.07, 6.45) is 5.33. The van der Waals surface area contributed by atoms with Crippen LogP contribution in [-0.2, 0) is 9.53 Å². The molecule has 1 aromatic heterocycles. The number of nitrogen functional groups attached to an aromatic ring is 1. The van der Waals surface area contributed by atoms with Crippen LogP contribution in [0.1, 0.15) is 6.42 Å².